The molecule has 1 aromatic heterocycles. The van der Waals surface area contributed by atoms with E-state index < -0.39 is 0 Å². The van der Waals surface area contributed by atoms with E-state index in [4.69, 9.17) is 0 Å². The van der Waals surface area contributed by atoms with Crippen molar-refractivity contribution in [2.45, 2.75) is 39.5 Å². The van der Waals surface area contributed by atoms with Crippen molar-refractivity contribution in [3.8, 4) is 11.3 Å². The molecule has 100 valence electrons. The van der Waals surface area contributed by atoms with E-state index in [0.29, 0.717) is 5.92 Å². The Morgan fingerprint density at radius 3 is 2.37 bits per heavy atom. The summed E-state index contributed by atoms with van der Waals surface area (Å²) in [5.41, 5.74) is 3.48. The molecule has 0 unspecified atom stereocenters. The van der Waals surface area contributed by atoms with Crippen LogP contribution < -0.4 is 0 Å². The number of halogens is 1. The van der Waals surface area contributed by atoms with Crippen LogP contribution in [0.4, 0.5) is 0 Å². The van der Waals surface area contributed by atoms with Crippen molar-refractivity contribution in [3.63, 3.8) is 0 Å². The van der Waals surface area contributed by atoms with E-state index in [1.54, 1.807) is 0 Å². The predicted molar refractivity (Wildman–Crippen MR) is 83.3 cm³/mol. The molecule has 19 heavy (non-hydrogen) atoms. The lowest BCUT2D eigenvalue weighted by Crippen LogP contribution is -1.97. The van der Waals surface area contributed by atoms with Crippen LogP contribution in [-0.4, -0.2) is 9.97 Å². The molecule has 0 aliphatic rings. The van der Waals surface area contributed by atoms with Gasteiger partial charge < -0.3 is 0 Å². The molecule has 0 fully saturated rings. The molecule has 2 nitrogen and oxygen atoms in total. The highest BCUT2D eigenvalue weighted by molar-refractivity contribution is 9.10. The Balaban J connectivity index is 2.35. The maximum Gasteiger partial charge on any atom is 0.130 e. The summed E-state index contributed by atoms with van der Waals surface area (Å²) in [6.07, 6.45) is 1.97. The molecule has 0 aliphatic carbocycles. The molecule has 0 N–H and O–H groups in total. The van der Waals surface area contributed by atoms with Crippen LogP contribution in [0.2, 0.25) is 0 Å². The highest BCUT2D eigenvalue weighted by Gasteiger charge is 2.06. The highest BCUT2D eigenvalue weighted by atomic mass is 79.9. The van der Waals surface area contributed by atoms with Crippen LogP contribution >= 0.6 is 15.9 Å². The minimum absolute atomic E-state index is 0.557. The van der Waals surface area contributed by atoms with Crippen molar-refractivity contribution >= 4 is 15.9 Å². The topological polar surface area (TPSA) is 25.8 Å². The lowest BCUT2D eigenvalue weighted by Gasteiger charge is -2.08. The molecule has 0 saturated heterocycles. The monoisotopic (exact) mass is 318 g/mol. The van der Waals surface area contributed by atoms with Crippen molar-refractivity contribution in [1.82, 2.24) is 9.97 Å². The van der Waals surface area contributed by atoms with Crippen molar-refractivity contribution in [3.05, 3.63) is 46.3 Å². The standard InChI is InChI=1S/C16H19BrN2/c1-4-5-16-18-14(10-15(17)19-16)13-8-6-12(7-9-13)11(2)3/h6-11H,4-5H2,1-3H3. The molecule has 2 aromatic rings. The van der Waals surface area contributed by atoms with Crippen LogP contribution in [0.3, 0.4) is 0 Å². The van der Waals surface area contributed by atoms with E-state index in [1.165, 1.54) is 5.56 Å². The van der Waals surface area contributed by atoms with E-state index in [9.17, 15) is 0 Å². The largest absolute Gasteiger partial charge is 0.233 e. The van der Waals surface area contributed by atoms with Crippen molar-refractivity contribution in [1.29, 1.82) is 0 Å². The second-order valence-electron chi connectivity index (χ2n) is 5.02. The minimum Gasteiger partial charge on any atom is -0.233 e. The smallest absolute Gasteiger partial charge is 0.130 e. The van der Waals surface area contributed by atoms with E-state index in [2.05, 4.69) is 70.9 Å². The molecule has 2 rings (SSSR count). The Hall–Kier alpha value is -1.22. The van der Waals surface area contributed by atoms with Crippen LogP contribution in [0.5, 0.6) is 0 Å². The van der Waals surface area contributed by atoms with Gasteiger partial charge in [-0.3, -0.25) is 0 Å². The third-order valence-electron chi connectivity index (χ3n) is 3.09. The first-order valence-electron chi connectivity index (χ1n) is 6.74. The lowest BCUT2D eigenvalue weighted by molar-refractivity contribution is 0.831. The van der Waals surface area contributed by atoms with Crippen LogP contribution in [0.15, 0.2) is 34.9 Å². The predicted octanol–water partition coefficient (Wildman–Crippen LogP) is 4.98. The van der Waals surface area contributed by atoms with E-state index in [1.807, 2.05) is 6.07 Å². The van der Waals surface area contributed by atoms with Crippen molar-refractivity contribution in [2.24, 2.45) is 0 Å². The van der Waals surface area contributed by atoms with Crippen molar-refractivity contribution < 1.29 is 0 Å². The van der Waals surface area contributed by atoms with Gasteiger partial charge in [-0.2, -0.15) is 0 Å². The molecular formula is C16H19BrN2. The molecule has 0 bridgehead atoms. The molecule has 0 amide bonds. The van der Waals surface area contributed by atoms with Crippen LogP contribution in [0.25, 0.3) is 11.3 Å². The molecule has 1 aromatic carbocycles. The fourth-order valence-electron chi connectivity index (χ4n) is 1.99. The van der Waals surface area contributed by atoms with E-state index in [0.717, 1.165) is 34.5 Å². The third kappa shape index (κ3) is 3.63. The minimum atomic E-state index is 0.557. The van der Waals surface area contributed by atoms with Crippen LogP contribution in [-0.2, 0) is 6.42 Å². The fourth-order valence-corrected chi connectivity index (χ4v) is 2.41. The molecule has 3 heteroatoms. The number of nitrogens with zero attached hydrogens (tertiary/aromatic N) is 2. The van der Waals surface area contributed by atoms with Crippen LogP contribution in [0, 0.1) is 0 Å². The zero-order valence-corrected chi connectivity index (χ0v) is 13.2. The molecular weight excluding hydrogens is 300 g/mol. The van der Waals surface area contributed by atoms with Gasteiger partial charge in [0.2, 0.25) is 0 Å². The first-order valence-corrected chi connectivity index (χ1v) is 7.53. The summed E-state index contributed by atoms with van der Waals surface area (Å²) in [7, 11) is 0. The molecule has 0 saturated carbocycles. The summed E-state index contributed by atoms with van der Waals surface area (Å²) < 4.78 is 0.855. The zero-order chi connectivity index (χ0) is 13.8. The van der Waals surface area contributed by atoms with Gasteiger partial charge in [0.1, 0.15) is 10.4 Å². The summed E-state index contributed by atoms with van der Waals surface area (Å²) in [4.78, 5) is 9.03. The quantitative estimate of drug-likeness (QED) is 0.743. The Morgan fingerprint density at radius 1 is 1.11 bits per heavy atom. The van der Waals surface area contributed by atoms with Gasteiger partial charge in [-0.15, -0.1) is 0 Å². The average Bonchev–Trinajstić information content (AvgIpc) is 2.38. The summed E-state index contributed by atoms with van der Waals surface area (Å²) in [5.74, 6) is 1.46. The highest BCUT2D eigenvalue weighted by Crippen LogP contribution is 2.23. The van der Waals surface area contributed by atoms with E-state index in [-0.39, 0.29) is 0 Å². The van der Waals surface area contributed by atoms with E-state index >= 15 is 0 Å². The zero-order valence-electron chi connectivity index (χ0n) is 11.7. The van der Waals surface area contributed by atoms with Gasteiger partial charge in [-0.1, -0.05) is 45.0 Å². The summed E-state index contributed by atoms with van der Waals surface area (Å²) in [5, 5.41) is 0. The Kier molecular flexibility index (Phi) is 4.70. The van der Waals surface area contributed by atoms with Crippen LogP contribution in [0.1, 0.15) is 44.5 Å². The van der Waals surface area contributed by atoms with Gasteiger partial charge in [0.25, 0.3) is 0 Å². The second kappa shape index (κ2) is 6.29. The van der Waals surface area contributed by atoms with Gasteiger partial charge in [-0.05, 0) is 39.9 Å². The summed E-state index contributed by atoms with van der Waals surface area (Å²) >= 11 is 3.47. The molecule has 0 radical (unpaired) electrons. The van der Waals surface area contributed by atoms with Gasteiger partial charge in [0, 0.05) is 12.0 Å². The average molecular weight is 319 g/mol. The Bertz CT molecular complexity index is 547. The third-order valence-corrected chi connectivity index (χ3v) is 3.49. The molecule has 0 atom stereocenters. The first-order chi connectivity index (χ1) is 9.10. The van der Waals surface area contributed by atoms with Gasteiger partial charge in [0.15, 0.2) is 0 Å². The summed E-state index contributed by atoms with van der Waals surface area (Å²) in [6, 6.07) is 10.6. The number of aromatic nitrogens is 2. The number of hydrogen-bond acceptors (Lipinski definition) is 2. The number of aryl methyl sites for hydroxylation is 1. The maximum absolute atomic E-state index is 4.63. The molecule has 0 spiro atoms. The SMILES string of the molecule is CCCc1nc(Br)cc(-c2ccc(C(C)C)cc2)n1. The Labute approximate surface area is 123 Å². The normalized spacial score (nSPS) is 11.0. The second-order valence-corrected chi connectivity index (χ2v) is 5.83. The van der Waals surface area contributed by atoms with Crippen molar-refractivity contribution in [2.75, 3.05) is 0 Å². The first kappa shape index (κ1) is 14.2. The summed E-state index contributed by atoms with van der Waals surface area (Å²) in [6.45, 7) is 6.55. The maximum atomic E-state index is 4.63. The number of hydrogen-bond donors (Lipinski definition) is 0. The fraction of sp³-hybridized carbons (Fsp3) is 0.375. The number of rotatable bonds is 4. The molecule has 0 aliphatic heterocycles. The van der Waals surface area contributed by atoms with Gasteiger partial charge in [-0.25, -0.2) is 9.97 Å². The molecule has 1 heterocycles. The Morgan fingerprint density at radius 2 is 1.79 bits per heavy atom. The number of benzene rings is 1. The lowest BCUT2D eigenvalue weighted by atomic mass is 10.0. The van der Waals surface area contributed by atoms with Gasteiger partial charge in [0.05, 0.1) is 5.69 Å². The van der Waals surface area contributed by atoms with Gasteiger partial charge >= 0.3 is 0 Å².